The lowest BCUT2D eigenvalue weighted by atomic mass is 10.2. The summed E-state index contributed by atoms with van der Waals surface area (Å²) in [5.41, 5.74) is 0.568. The van der Waals surface area contributed by atoms with E-state index in [9.17, 15) is 13.2 Å². The number of rotatable bonds is 10. The molecule has 1 aromatic carbocycles. The Hall–Kier alpha value is -1.68. The van der Waals surface area contributed by atoms with Crippen LogP contribution >= 0.6 is 0 Å². The van der Waals surface area contributed by atoms with E-state index in [1.807, 2.05) is 39.8 Å². The summed E-state index contributed by atoms with van der Waals surface area (Å²) in [7, 11) is -3.43. The zero-order valence-corrected chi connectivity index (χ0v) is 20.1. The van der Waals surface area contributed by atoms with Crippen LogP contribution in [-0.2, 0) is 14.8 Å². The number of piperazine rings is 1. The maximum atomic E-state index is 12.3. The van der Waals surface area contributed by atoms with Crippen molar-refractivity contribution < 1.29 is 17.9 Å². The summed E-state index contributed by atoms with van der Waals surface area (Å²) in [4.78, 5) is 16.7. The number of nitrogens with zero attached hydrogens (tertiary/aromatic N) is 2. The quantitative estimate of drug-likeness (QED) is 0.527. The average molecular weight is 455 g/mol. The van der Waals surface area contributed by atoms with Crippen LogP contribution in [0.3, 0.4) is 0 Å². The predicted molar refractivity (Wildman–Crippen MR) is 123 cm³/mol. The summed E-state index contributed by atoms with van der Waals surface area (Å²) in [5.74, 6) is 0. The molecule has 31 heavy (non-hydrogen) atoms. The molecule has 0 saturated carbocycles. The number of nitrogens with one attached hydrogen (secondary N) is 2. The summed E-state index contributed by atoms with van der Waals surface area (Å²) in [6.07, 6.45) is 1.31. The summed E-state index contributed by atoms with van der Waals surface area (Å²) < 4.78 is 32.5. The van der Waals surface area contributed by atoms with Crippen LogP contribution in [0.15, 0.2) is 29.2 Å². The fourth-order valence-corrected chi connectivity index (χ4v) is 4.43. The summed E-state index contributed by atoms with van der Waals surface area (Å²) in [5, 5.41) is 2.79. The molecule has 176 valence electrons. The fourth-order valence-electron chi connectivity index (χ4n) is 3.35. The molecule has 0 spiro atoms. The highest BCUT2D eigenvalue weighted by molar-refractivity contribution is 7.89. The van der Waals surface area contributed by atoms with Crippen LogP contribution < -0.4 is 10.0 Å². The van der Waals surface area contributed by atoms with E-state index in [4.69, 9.17) is 4.74 Å². The van der Waals surface area contributed by atoms with E-state index in [0.717, 1.165) is 57.7 Å². The van der Waals surface area contributed by atoms with Gasteiger partial charge in [-0.25, -0.2) is 17.9 Å². The van der Waals surface area contributed by atoms with Crippen LogP contribution in [0.1, 0.15) is 39.2 Å². The Kier molecular flexibility index (Phi) is 9.74. The Morgan fingerprint density at radius 3 is 2.00 bits per heavy atom. The van der Waals surface area contributed by atoms with E-state index in [0.29, 0.717) is 18.0 Å². The molecule has 1 heterocycles. The van der Waals surface area contributed by atoms with Gasteiger partial charge in [-0.3, -0.25) is 0 Å². The Bertz CT molecular complexity index is 783. The normalized spacial score (nSPS) is 16.3. The largest absolute Gasteiger partial charge is 0.444 e. The molecule has 8 nitrogen and oxygen atoms in total. The molecule has 1 saturated heterocycles. The minimum Gasteiger partial charge on any atom is -0.444 e. The molecule has 0 atom stereocenters. The topological polar surface area (TPSA) is 91.0 Å². The SMILES string of the molecule is Cc1ccc(S(=O)(=O)NCCCN2CCN(CCCNC(=O)OC(C)(C)C)CC2)cc1. The molecule has 2 rings (SSSR count). The van der Waals surface area contributed by atoms with Crippen LogP contribution in [0.25, 0.3) is 0 Å². The number of ether oxygens (including phenoxy) is 1. The second kappa shape index (κ2) is 11.8. The van der Waals surface area contributed by atoms with Gasteiger partial charge in [0.25, 0.3) is 0 Å². The summed E-state index contributed by atoms with van der Waals surface area (Å²) in [6, 6.07) is 6.89. The van der Waals surface area contributed by atoms with Gasteiger partial charge in [0.1, 0.15) is 5.60 Å². The number of carbonyl (C=O) groups is 1. The van der Waals surface area contributed by atoms with Crippen molar-refractivity contribution >= 4 is 16.1 Å². The van der Waals surface area contributed by atoms with Gasteiger partial charge in [0.2, 0.25) is 10.0 Å². The highest BCUT2D eigenvalue weighted by Crippen LogP contribution is 2.10. The van der Waals surface area contributed by atoms with Gasteiger partial charge in [-0.15, -0.1) is 0 Å². The van der Waals surface area contributed by atoms with E-state index in [1.165, 1.54) is 0 Å². The number of alkyl carbamates (subject to hydrolysis) is 1. The number of carbonyl (C=O) groups excluding carboxylic acids is 1. The first-order valence-electron chi connectivity index (χ1n) is 11.0. The second-order valence-corrected chi connectivity index (χ2v) is 10.8. The van der Waals surface area contributed by atoms with E-state index in [-0.39, 0.29) is 6.09 Å². The molecule has 1 amide bonds. The third-order valence-corrected chi connectivity index (χ3v) is 6.54. The molecule has 0 bridgehead atoms. The van der Waals surface area contributed by atoms with Crippen molar-refractivity contribution in [1.29, 1.82) is 0 Å². The van der Waals surface area contributed by atoms with Gasteiger partial charge < -0.3 is 19.9 Å². The van der Waals surface area contributed by atoms with Crippen LogP contribution in [0.5, 0.6) is 0 Å². The molecule has 9 heteroatoms. The lowest BCUT2D eigenvalue weighted by Gasteiger charge is -2.34. The van der Waals surface area contributed by atoms with Gasteiger partial charge in [0.15, 0.2) is 0 Å². The summed E-state index contributed by atoms with van der Waals surface area (Å²) in [6.45, 7) is 14.3. The van der Waals surface area contributed by atoms with E-state index in [1.54, 1.807) is 12.1 Å². The van der Waals surface area contributed by atoms with Crippen molar-refractivity contribution in [2.45, 2.75) is 51.0 Å². The van der Waals surface area contributed by atoms with Gasteiger partial charge in [0, 0.05) is 39.3 Å². The lowest BCUT2D eigenvalue weighted by Crippen LogP contribution is -2.47. The van der Waals surface area contributed by atoms with Gasteiger partial charge in [-0.1, -0.05) is 17.7 Å². The van der Waals surface area contributed by atoms with E-state index < -0.39 is 15.6 Å². The van der Waals surface area contributed by atoms with Crippen LogP contribution in [0.2, 0.25) is 0 Å². The standard InChI is InChI=1S/C22H38N4O4S/c1-19-7-9-20(10-8-19)31(28,29)24-12-6-14-26-17-15-25(16-18-26)13-5-11-23-21(27)30-22(2,3)4/h7-10,24H,5-6,11-18H2,1-4H3,(H,23,27). The molecule has 1 fully saturated rings. The molecule has 0 radical (unpaired) electrons. The molecule has 1 aromatic rings. The Balaban J connectivity index is 1.55. The second-order valence-electron chi connectivity index (χ2n) is 9.03. The van der Waals surface area contributed by atoms with E-state index in [2.05, 4.69) is 19.8 Å². The number of hydrogen-bond donors (Lipinski definition) is 2. The predicted octanol–water partition coefficient (Wildman–Crippen LogP) is 2.20. The summed E-state index contributed by atoms with van der Waals surface area (Å²) >= 11 is 0. The number of benzene rings is 1. The molecule has 1 aliphatic rings. The third kappa shape index (κ3) is 9.99. The van der Waals surface area contributed by atoms with Gasteiger partial charge in [-0.2, -0.15) is 0 Å². The molecule has 1 aliphatic heterocycles. The van der Waals surface area contributed by atoms with Crippen LogP contribution in [0.4, 0.5) is 4.79 Å². The van der Waals surface area contributed by atoms with Crippen molar-refractivity contribution in [2.24, 2.45) is 0 Å². The lowest BCUT2D eigenvalue weighted by molar-refractivity contribution is 0.0524. The molecular weight excluding hydrogens is 416 g/mol. The zero-order chi connectivity index (χ0) is 22.9. The van der Waals surface area contributed by atoms with Crippen molar-refractivity contribution in [2.75, 3.05) is 52.4 Å². The molecule has 0 unspecified atom stereocenters. The molecule has 2 N–H and O–H groups in total. The van der Waals surface area contributed by atoms with Crippen molar-refractivity contribution in [3.8, 4) is 0 Å². The van der Waals surface area contributed by atoms with Crippen LogP contribution in [0, 0.1) is 6.92 Å². The fraction of sp³-hybridized carbons (Fsp3) is 0.682. The Morgan fingerprint density at radius 2 is 1.48 bits per heavy atom. The maximum absolute atomic E-state index is 12.3. The highest BCUT2D eigenvalue weighted by Gasteiger charge is 2.18. The van der Waals surface area contributed by atoms with Crippen molar-refractivity contribution in [3.63, 3.8) is 0 Å². The monoisotopic (exact) mass is 454 g/mol. The van der Waals surface area contributed by atoms with Crippen LogP contribution in [-0.4, -0.2) is 82.3 Å². The number of amides is 1. The minimum atomic E-state index is -3.43. The van der Waals surface area contributed by atoms with Gasteiger partial charge in [-0.05, 0) is 65.8 Å². The maximum Gasteiger partial charge on any atom is 0.407 e. The first kappa shape index (κ1) is 25.6. The molecule has 0 aliphatic carbocycles. The smallest absolute Gasteiger partial charge is 0.407 e. The number of hydrogen-bond acceptors (Lipinski definition) is 6. The highest BCUT2D eigenvalue weighted by atomic mass is 32.2. The third-order valence-electron chi connectivity index (χ3n) is 5.06. The molecule has 0 aromatic heterocycles. The van der Waals surface area contributed by atoms with Crippen molar-refractivity contribution in [3.05, 3.63) is 29.8 Å². The number of aryl methyl sites for hydroxylation is 1. The minimum absolute atomic E-state index is 0.313. The Morgan fingerprint density at radius 1 is 0.968 bits per heavy atom. The number of sulfonamides is 1. The van der Waals surface area contributed by atoms with Gasteiger partial charge >= 0.3 is 6.09 Å². The Labute approximate surface area is 187 Å². The zero-order valence-electron chi connectivity index (χ0n) is 19.3. The van der Waals surface area contributed by atoms with Gasteiger partial charge in [0.05, 0.1) is 4.90 Å². The first-order chi connectivity index (χ1) is 14.5. The molecular formula is C22H38N4O4S. The first-order valence-corrected chi connectivity index (χ1v) is 12.5. The van der Waals surface area contributed by atoms with E-state index >= 15 is 0 Å². The average Bonchev–Trinajstić information content (AvgIpc) is 2.69. The van der Waals surface area contributed by atoms with Crippen molar-refractivity contribution in [1.82, 2.24) is 19.8 Å².